The van der Waals surface area contributed by atoms with E-state index in [1.807, 2.05) is 48.5 Å². The third kappa shape index (κ3) is 4.34. The predicted octanol–water partition coefficient (Wildman–Crippen LogP) is 4.59. The van der Waals surface area contributed by atoms with Crippen LogP contribution in [0, 0.1) is 0 Å². The van der Waals surface area contributed by atoms with Crippen LogP contribution in [0.25, 0.3) is 0 Å². The van der Waals surface area contributed by atoms with Crippen LogP contribution >= 0.6 is 7.37 Å². The maximum atomic E-state index is 13.3. The number of rotatable bonds is 8. The molecule has 2 nitrogen and oxygen atoms in total. The van der Waals surface area contributed by atoms with Gasteiger partial charge in [0.15, 0.2) is 0 Å². The highest BCUT2D eigenvalue weighted by atomic mass is 31.2. The molecular formula is C20H27O2P. The van der Waals surface area contributed by atoms with Gasteiger partial charge in [-0.15, -0.1) is 0 Å². The highest BCUT2D eigenvalue weighted by Gasteiger charge is 2.28. The molecule has 0 aliphatic carbocycles. The van der Waals surface area contributed by atoms with Crippen molar-refractivity contribution in [1.29, 1.82) is 0 Å². The van der Waals surface area contributed by atoms with Crippen LogP contribution < -0.4 is 10.6 Å². The van der Waals surface area contributed by atoms with Gasteiger partial charge in [0.25, 0.3) is 7.37 Å². The minimum absolute atomic E-state index is 0.609. The lowest BCUT2D eigenvalue weighted by Crippen LogP contribution is -2.22. The summed E-state index contributed by atoms with van der Waals surface area (Å²) in [6.07, 6.45) is 5.94. The van der Waals surface area contributed by atoms with Crippen molar-refractivity contribution in [2.75, 3.05) is 0 Å². The first kappa shape index (κ1) is 18.0. The molecule has 0 atom stereocenters. The van der Waals surface area contributed by atoms with Gasteiger partial charge in [0.05, 0.1) is 0 Å². The van der Waals surface area contributed by atoms with Crippen LogP contribution in [0.2, 0.25) is 0 Å². The van der Waals surface area contributed by atoms with E-state index in [0.29, 0.717) is 10.6 Å². The van der Waals surface area contributed by atoms with Crippen molar-refractivity contribution in [2.45, 2.75) is 52.4 Å². The summed E-state index contributed by atoms with van der Waals surface area (Å²) < 4.78 is 13.3. The summed E-state index contributed by atoms with van der Waals surface area (Å²) in [4.78, 5) is 11.0. The lowest BCUT2D eigenvalue weighted by atomic mass is 10.1. The normalized spacial score (nSPS) is 11.6. The number of benzene rings is 2. The number of unbranched alkanes of at least 4 members (excludes halogenated alkanes) is 2. The van der Waals surface area contributed by atoms with Crippen molar-refractivity contribution in [3.8, 4) is 0 Å². The molecule has 0 spiro atoms. The number of hydrogen-bond donors (Lipinski definition) is 1. The molecule has 0 fully saturated rings. The summed E-state index contributed by atoms with van der Waals surface area (Å²) in [5, 5.41) is 1.22. The van der Waals surface area contributed by atoms with E-state index in [4.69, 9.17) is 0 Å². The Labute approximate surface area is 140 Å². The highest BCUT2D eigenvalue weighted by Crippen LogP contribution is 2.41. The Kier molecular flexibility index (Phi) is 6.62. The van der Waals surface area contributed by atoms with E-state index >= 15 is 0 Å². The molecule has 0 bridgehead atoms. The van der Waals surface area contributed by atoms with Gasteiger partial charge in [0.1, 0.15) is 0 Å². The van der Waals surface area contributed by atoms with Gasteiger partial charge in [-0.3, -0.25) is 4.57 Å². The van der Waals surface area contributed by atoms with Crippen molar-refractivity contribution in [2.24, 2.45) is 0 Å². The summed E-state index contributed by atoms with van der Waals surface area (Å²) in [7, 11) is -3.55. The molecule has 124 valence electrons. The summed E-state index contributed by atoms with van der Waals surface area (Å²) in [5.41, 5.74) is 2.01. The molecular weight excluding hydrogens is 303 g/mol. The first-order chi connectivity index (χ1) is 11.1. The second kappa shape index (κ2) is 8.47. The molecule has 0 aliphatic rings. The second-order valence-electron chi connectivity index (χ2n) is 6.04. The van der Waals surface area contributed by atoms with Crippen LogP contribution in [0.4, 0.5) is 0 Å². The molecule has 1 N–H and O–H groups in total. The lowest BCUT2D eigenvalue weighted by molar-refractivity contribution is 0.500. The quantitative estimate of drug-likeness (QED) is 0.719. The topological polar surface area (TPSA) is 37.3 Å². The van der Waals surface area contributed by atoms with Gasteiger partial charge >= 0.3 is 0 Å². The Bertz CT molecular complexity index is 623. The molecule has 0 radical (unpaired) electrons. The van der Waals surface area contributed by atoms with Crippen molar-refractivity contribution in [3.63, 3.8) is 0 Å². The summed E-state index contributed by atoms with van der Waals surface area (Å²) in [6, 6.07) is 15.3. The van der Waals surface area contributed by atoms with Crippen LogP contribution in [0.1, 0.15) is 50.7 Å². The lowest BCUT2D eigenvalue weighted by Gasteiger charge is -2.19. The summed E-state index contributed by atoms with van der Waals surface area (Å²) in [5.74, 6) is 0. The molecule has 0 saturated carbocycles. The molecule has 23 heavy (non-hydrogen) atoms. The third-order valence-corrected chi connectivity index (χ3v) is 6.41. The van der Waals surface area contributed by atoms with Gasteiger partial charge in [-0.25, -0.2) is 0 Å². The fourth-order valence-corrected chi connectivity index (χ4v) is 4.89. The third-order valence-electron chi connectivity index (χ3n) is 4.24. The molecule has 0 aromatic heterocycles. The average Bonchev–Trinajstić information content (AvgIpc) is 2.58. The molecule has 0 amide bonds. The zero-order chi connectivity index (χ0) is 16.7. The molecule has 0 unspecified atom stereocenters. The van der Waals surface area contributed by atoms with Crippen LogP contribution in [0.5, 0.6) is 0 Å². The molecule has 2 aromatic rings. The van der Waals surface area contributed by atoms with Crippen molar-refractivity contribution in [3.05, 3.63) is 59.7 Å². The maximum absolute atomic E-state index is 13.3. The Balaban J connectivity index is 2.45. The zero-order valence-corrected chi connectivity index (χ0v) is 15.1. The standard InChI is InChI=1S/C20H27O2P/c1-3-5-11-17-13-7-9-15-19(17)23(21,22)20-16-10-8-14-18(20)12-6-4-2/h7-10,13-16H,3-6,11-12H2,1-2H3,(H,21,22). The van der Waals surface area contributed by atoms with Gasteiger partial charge in [0, 0.05) is 10.6 Å². The molecule has 2 rings (SSSR count). The van der Waals surface area contributed by atoms with Gasteiger partial charge in [0.2, 0.25) is 0 Å². The Morgan fingerprint density at radius 1 is 0.783 bits per heavy atom. The SMILES string of the molecule is CCCCc1ccccc1P(=O)(O)c1ccccc1CCCC. The zero-order valence-electron chi connectivity index (χ0n) is 14.2. The van der Waals surface area contributed by atoms with E-state index in [2.05, 4.69) is 13.8 Å². The Hall–Kier alpha value is -1.37. The van der Waals surface area contributed by atoms with E-state index < -0.39 is 7.37 Å². The van der Waals surface area contributed by atoms with Crippen molar-refractivity contribution >= 4 is 18.0 Å². The van der Waals surface area contributed by atoms with Gasteiger partial charge < -0.3 is 4.89 Å². The smallest absolute Gasteiger partial charge is 0.259 e. The first-order valence-corrected chi connectivity index (χ1v) is 10.3. The summed E-state index contributed by atoms with van der Waals surface area (Å²) in [6.45, 7) is 4.28. The first-order valence-electron chi connectivity index (χ1n) is 8.61. The second-order valence-corrected chi connectivity index (χ2v) is 8.16. The van der Waals surface area contributed by atoms with Crippen LogP contribution in [0.3, 0.4) is 0 Å². The largest absolute Gasteiger partial charge is 0.338 e. The van der Waals surface area contributed by atoms with E-state index in [1.54, 1.807) is 0 Å². The van der Waals surface area contributed by atoms with E-state index in [0.717, 1.165) is 49.7 Å². The fraction of sp³-hybridized carbons (Fsp3) is 0.400. The maximum Gasteiger partial charge on any atom is 0.259 e. The van der Waals surface area contributed by atoms with Gasteiger partial charge in [-0.05, 0) is 48.9 Å². The Morgan fingerprint density at radius 2 is 1.17 bits per heavy atom. The van der Waals surface area contributed by atoms with Crippen LogP contribution in [-0.2, 0) is 17.4 Å². The van der Waals surface area contributed by atoms with E-state index in [1.165, 1.54) is 0 Å². The number of hydrogen-bond acceptors (Lipinski definition) is 1. The predicted molar refractivity (Wildman–Crippen MR) is 99.2 cm³/mol. The van der Waals surface area contributed by atoms with Crippen molar-refractivity contribution in [1.82, 2.24) is 0 Å². The molecule has 0 saturated heterocycles. The van der Waals surface area contributed by atoms with Gasteiger partial charge in [-0.2, -0.15) is 0 Å². The minimum Gasteiger partial charge on any atom is -0.338 e. The van der Waals surface area contributed by atoms with Crippen LogP contribution in [0.15, 0.2) is 48.5 Å². The summed E-state index contributed by atoms with van der Waals surface area (Å²) >= 11 is 0. The minimum atomic E-state index is -3.55. The van der Waals surface area contributed by atoms with E-state index in [9.17, 15) is 9.46 Å². The molecule has 2 aromatic carbocycles. The van der Waals surface area contributed by atoms with Gasteiger partial charge in [-0.1, -0.05) is 63.1 Å². The van der Waals surface area contributed by atoms with Crippen LogP contribution in [-0.4, -0.2) is 4.89 Å². The fourth-order valence-electron chi connectivity index (χ4n) is 2.90. The number of aryl methyl sites for hydroxylation is 2. The monoisotopic (exact) mass is 330 g/mol. The molecule has 0 heterocycles. The highest BCUT2D eigenvalue weighted by molar-refractivity contribution is 7.73. The van der Waals surface area contributed by atoms with E-state index in [-0.39, 0.29) is 0 Å². The average molecular weight is 330 g/mol. The molecule has 3 heteroatoms. The van der Waals surface area contributed by atoms with Crippen molar-refractivity contribution < 1.29 is 9.46 Å². The Morgan fingerprint density at radius 3 is 1.57 bits per heavy atom. The molecule has 0 aliphatic heterocycles.